The highest BCUT2D eigenvalue weighted by Gasteiger charge is 2.12. The van der Waals surface area contributed by atoms with Gasteiger partial charge in [0, 0.05) is 9.50 Å². The van der Waals surface area contributed by atoms with Gasteiger partial charge in [0.05, 0.1) is 16.3 Å². The largest absolute Gasteiger partial charge is 0.321 e. The lowest BCUT2D eigenvalue weighted by atomic mass is 10.1. The Bertz CT molecular complexity index is 643. The number of hydrogen-bond donors (Lipinski definition) is 1. The van der Waals surface area contributed by atoms with Gasteiger partial charge in [-0.1, -0.05) is 29.3 Å². The van der Waals surface area contributed by atoms with Gasteiger partial charge in [-0.25, -0.2) is 0 Å². The Labute approximate surface area is 129 Å². The van der Waals surface area contributed by atoms with Crippen LogP contribution in [0.4, 0.5) is 5.69 Å². The van der Waals surface area contributed by atoms with Crippen LogP contribution in [-0.2, 0) is 0 Å². The Kier molecular flexibility index (Phi) is 4.50. The van der Waals surface area contributed by atoms with Gasteiger partial charge >= 0.3 is 0 Å². The molecule has 1 N–H and O–H groups in total. The molecule has 0 aliphatic carbocycles. The summed E-state index contributed by atoms with van der Waals surface area (Å²) < 4.78 is 0.745. The SMILES string of the molecule is Cc1ccc(C(=O)Nc2ccc(Cl)cc2Cl)c(Br)c1. The first-order valence-electron chi connectivity index (χ1n) is 5.50. The number of aryl methyl sites for hydroxylation is 1. The lowest BCUT2D eigenvalue weighted by molar-refractivity contribution is 0.102. The van der Waals surface area contributed by atoms with Gasteiger partial charge in [0.1, 0.15) is 0 Å². The number of hydrogen-bond acceptors (Lipinski definition) is 1. The lowest BCUT2D eigenvalue weighted by Crippen LogP contribution is -2.12. The predicted molar refractivity (Wildman–Crippen MR) is 83.3 cm³/mol. The molecule has 2 aromatic rings. The van der Waals surface area contributed by atoms with Gasteiger partial charge in [-0.15, -0.1) is 0 Å². The molecular weight excluding hydrogens is 349 g/mol. The molecule has 0 saturated heterocycles. The van der Waals surface area contributed by atoms with Gasteiger partial charge in [0.25, 0.3) is 5.91 Å². The number of rotatable bonds is 2. The highest BCUT2D eigenvalue weighted by Crippen LogP contribution is 2.27. The van der Waals surface area contributed by atoms with Crippen LogP contribution in [0.3, 0.4) is 0 Å². The lowest BCUT2D eigenvalue weighted by Gasteiger charge is -2.09. The molecule has 98 valence electrons. The third-order valence-corrected chi connectivity index (χ3v) is 3.75. The van der Waals surface area contributed by atoms with Crippen LogP contribution in [0.1, 0.15) is 15.9 Å². The fourth-order valence-corrected chi connectivity index (χ4v) is 2.71. The summed E-state index contributed by atoms with van der Waals surface area (Å²) in [7, 11) is 0. The third kappa shape index (κ3) is 3.50. The summed E-state index contributed by atoms with van der Waals surface area (Å²) in [6, 6.07) is 10.5. The van der Waals surface area contributed by atoms with Crippen molar-refractivity contribution in [1.82, 2.24) is 0 Å². The fraction of sp³-hybridized carbons (Fsp3) is 0.0714. The molecule has 0 aliphatic heterocycles. The number of anilines is 1. The van der Waals surface area contributed by atoms with E-state index in [1.165, 1.54) is 0 Å². The van der Waals surface area contributed by atoms with E-state index >= 15 is 0 Å². The van der Waals surface area contributed by atoms with Crippen molar-refractivity contribution >= 4 is 50.7 Å². The number of halogens is 3. The minimum absolute atomic E-state index is 0.226. The normalized spacial score (nSPS) is 10.3. The second kappa shape index (κ2) is 5.95. The molecule has 0 heterocycles. The van der Waals surface area contributed by atoms with Crippen molar-refractivity contribution < 1.29 is 4.79 Å². The molecule has 0 aromatic heterocycles. The first-order chi connectivity index (χ1) is 8.97. The topological polar surface area (TPSA) is 29.1 Å². The Morgan fingerprint density at radius 1 is 1.16 bits per heavy atom. The molecule has 2 aromatic carbocycles. The van der Waals surface area contributed by atoms with E-state index in [-0.39, 0.29) is 5.91 Å². The number of amides is 1. The van der Waals surface area contributed by atoms with E-state index in [9.17, 15) is 4.79 Å². The zero-order valence-electron chi connectivity index (χ0n) is 10.0. The molecule has 0 saturated carbocycles. The Balaban J connectivity index is 2.25. The summed E-state index contributed by atoms with van der Waals surface area (Å²) in [5.41, 5.74) is 2.16. The zero-order valence-corrected chi connectivity index (χ0v) is 13.1. The molecule has 19 heavy (non-hydrogen) atoms. The van der Waals surface area contributed by atoms with E-state index < -0.39 is 0 Å². The number of carbonyl (C=O) groups is 1. The van der Waals surface area contributed by atoms with Crippen molar-refractivity contribution in [1.29, 1.82) is 0 Å². The van der Waals surface area contributed by atoms with E-state index in [1.807, 2.05) is 19.1 Å². The predicted octanol–water partition coefficient (Wildman–Crippen LogP) is 5.32. The molecule has 1 amide bonds. The quantitative estimate of drug-likeness (QED) is 0.773. The van der Waals surface area contributed by atoms with E-state index in [0.717, 1.165) is 10.0 Å². The van der Waals surface area contributed by atoms with Crippen LogP contribution in [0.2, 0.25) is 10.0 Å². The second-order valence-corrected chi connectivity index (χ2v) is 5.76. The van der Waals surface area contributed by atoms with Gasteiger partial charge < -0.3 is 5.32 Å². The number of benzene rings is 2. The van der Waals surface area contributed by atoms with Crippen molar-refractivity contribution in [2.75, 3.05) is 5.32 Å². The van der Waals surface area contributed by atoms with Crippen LogP contribution in [0.15, 0.2) is 40.9 Å². The fourth-order valence-electron chi connectivity index (χ4n) is 1.58. The molecule has 0 fully saturated rings. The molecule has 2 nitrogen and oxygen atoms in total. The monoisotopic (exact) mass is 357 g/mol. The second-order valence-electron chi connectivity index (χ2n) is 4.06. The molecule has 5 heteroatoms. The van der Waals surface area contributed by atoms with E-state index in [0.29, 0.717) is 21.3 Å². The average molecular weight is 359 g/mol. The van der Waals surface area contributed by atoms with Crippen LogP contribution in [-0.4, -0.2) is 5.91 Å². The summed E-state index contributed by atoms with van der Waals surface area (Å²) in [4.78, 5) is 12.2. The minimum Gasteiger partial charge on any atom is -0.321 e. The maximum Gasteiger partial charge on any atom is 0.256 e. The van der Waals surface area contributed by atoms with E-state index in [2.05, 4.69) is 21.2 Å². The standard InChI is InChI=1S/C14H10BrCl2NO/c1-8-2-4-10(11(15)6-8)14(19)18-13-5-3-9(16)7-12(13)17/h2-7H,1H3,(H,18,19). The summed E-state index contributed by atoms with van der Waals surface area (Å²) >= 11 is 15.2. The van der Waals surface area contributed by atoms with Gasteiger partial charge in [-0.3, -0.25) is 4.79 Å². The van der Waals surface area contributed by atoms with Crippen molar-refractivity contribution in [3.8, 4) is 0 Å². The van der Waals surface area contributed by atoms with E-state index in [1.54, 1.807) is 24.3 Å². The molecule has 0 atom stereocenters. The summed E-state index contributed by atoms with van der Waals surface area (Å²) in [6.45, 7) is 1.96. The molecular formula is C14H10BrCl2NO. The smallest absolute Gasteiger partial charge is 0.256 e. The Hall–Kier alpha value is -1.03. The van der Waals surface area contributed by atoms with Crippen LogP contribution >= 0.6 is 39.1 Å². The van der Waals surface area contributed by atoms with Crippen LogP contribution in [0.5, 0.6) is 0 Å². The molecule has 0 unspecified atom stereocenters. The Morgan fingerprint density at radius 2 is 1.89 bits per heavy atom. The van der Waals surface area contributed by atoms with E-state index in [4.69, 9.17) is 23.2 Å². The summed E-state index contributed by atoms with van der Waals surface area (Å²) in [6.07, 6.45) is 0. The highest BCUT2D eigenvalue weighted by molar-refractivity contribution is 9.10. The minimum atomic E-state index is -0.226. The van der Waals surface area contributed by atoms with Crippen LogP contribution in [0, 0.1) is 6.92 Å². The maximum absolute atomic E-state index is 12.2. The molecule has 2 rings (SSSR count). The van der Waals surface area contributed by atoms with Crippen molar-refractivity contribution in [2.24, 2.45) is 0 Å². The van der Waals surface area contributed by atoms with Crippen molar-refractivity contribution in [3.05, 3.63) is 62.0 Å². The number of carbonyl (C=O) groups excluding carboxylic acids is 1. The third-order valence-electron chi connectivity index (χ3n) is 2.55. The first-order valence-corrected chi connectivity index (χ1v) is 7.05. The molecule has 0 radical (unpaired) electrons. The van der Waals surface area contributed by atoms with Gasteiger partial charge in [0.15, 0.2) is 0 Å². The average Bonchev–Trinajstić information content (AvgIpc) is 2.32. The molecule has 0 aliphatic rings. The number of nitrogens with one attached hydrogen (secondary N) is 1. The zero-order chi connectivity index (χ0) is 14.0. The van der Waals surface area contributed by atoms with Gasteiger partial charge in [-0.2, -0.15) is 0 Å². The Morgan fingerprint density at radius 3 is 2.53 bits per heavy atom. The van der Waals surface area contributed by atoms with Crippen molar-refractivity contribution in [2.45, 2.75) is 6.92 Å². The van der Waals surface area contributed by atoms with Crippen LogP contribution in [0.25, 0.3) is 0 Å². The van der Waals surface area contributed by atoms with Gasteiger partial charge in [-0.05, 0) is 58.7 Å². The highest BCUT2D eigenvalue weighted by atomic mass is 79.9. The summed E-state index contributed by atoms with van der Waals surface area (Å²) in [5.74, 6) is -0.226. The first kappa shape index (κ1) is 14.4. The van der Waals surface area contributed by atoms with Crippen LogP contribution < -0.4 is 5.32 Å². The molecule has 0 bridgehead atoms. The maximum atomic E-state index is 12.2. The van der Waals surface area contributed by atoms with Crippen molar-refractivity contribution in [3.63, 3.8) is 0 Å². The summed E-state index contributed by atoms with van der Waals surface area (Å²) in [5, 5.41) is 3.69. The molecule has 0 spiro atoms. The van der Waals surface area contributed by atoms with Gasteiger partial charge in [0.2, 0.25) is 0 Å².